The number of rotatable bonds is 2. The van der Waals surface area contributed by atoms with Crippen molar-refractivity contribution in [2.45, 2.75) is 18.7 Å². The van der Waals surface area contributed by atoms with Gasteiger partial charge in [-0.25, -0.2) is 13.0 Å². The van der Waals surface area contributed by atoms with E-state index in [0.717, 1.165) is 9.87 Å². The van der Waals surface area contributed by atoms with Crippen molar-refractivity contribution in [2.75, 3.05) is 19.6 Å². The number of carbonyl (C=O) groups is 1. The van der Waals surface area contributed by atoms with Crippen molar-refractivity contribution in [3.63, 3.8) is 0 Å². The third-order valence-electron chi connectivity index (χ3n) is 3.47. The Morgan fingerprint density at radius 2 is 1.95 bits per heavy atom. The highest BCUT2D eigenvalue weighted by Crippen LogP contribution is 2.29. The Hall–Kier alpha value is -2.00. The first-order valence-electron chi connectivity index (χ1n) is 6.40. The van der Waals surface area contributed by atoms with Gasteiger partial charge in [0, 0.05) is 13.1 Å². The van der Waals surface area contributed by atoms with Crippen molar-refractivity contribution in [3.8, 4) is 0 Å². The van der Waals surface area contributed by atoms with Crippen LogP contribution in [0.1, 0.15) is 11.1 Å². The molecule has 1 aliphatic rings. The molecular formula is C12H14N4O4S. The van der Waals surface area contributed by atoms with Gasteiger partial charge in [0.1, 0.15) is 10.4 Å². The van der Waals surface area contributed by atoms with Gasteiger partial charge in [0.2, 0.25) is 15.9 Å². The second-order valence-electron chi connectivity index (χ2n) is 4.99. The molecule has 9 heteroatoms. The Kier molecular flexibility index (Phi) is 3.18. The molecule has 0 bridgehead atoms. The van der Waals surface area contributed by atoms with E-state index in [-0.39, 0.29) is 29.4 Å². The Morgan fingerprint density at radius 3 is 2.67 bits per heavy atom. The lowest BCUT2D eigenvalue weighted by atomic mass is 10.1. The average Bonchev–Trinajstić information content (AvgIpc) is 2.87. The van der Waals surface area contributed by atoms with Crippen LogP contribution in [0.25, 0.3) is 11.0 Å². The van der Waals surface area contributed by atoms with E-state index >= 15 is 0 Å². The van der Waals surface area contributed by atoms with E-state index in [4.69, 9.17) is 0 Å². The number of nitrogens with zero attached hydrogens (tertiary/aromatic N) is 3. The molecule has 0 aliphatic carbocycles. The molecule has 1 aliphatic heterocycles. The number of benzene rings is 1. The van der Waals surface area contributed by atoms with E-state index in [1.807, 2.05) is 6.92 Å². The van der Waals surface area contributed by atoms with Crippen LogP contribution < -0.4 is 5.32 Å². The van der Waals surface area contributed by atoms with Crippen molar-refractivity contribution < 1.29 is 17.8 Å². The number of carbonyl (C=O) groups excluding carboxylic acids is 1. The maximum atomic E-state index is 12.8. The molecule has 0 saturated carbocycles. The molecule has 2 aromatic rings. The maximum absolute atomic E-state index is 12.8. The van der Waals surface area contributed by atoms with E-state index < -0.39 is 10.0 Å². The summed E-state index contributed by atoms with van der Waals surface area (Å²) in [5, 5.41) is 10.1. The molecule has 1 aromatic carbocycles. The van der Waals surface area contributed by atoms with E-state index in [9.17, 15) is 13.2 Å². The zero-order valence-corrected chi connectivity index (χ0v) is 12.4. The Bertz CT molecular complexity index is 827. The number of hydrogen-bond donors (Lipinski definition) is 1. The lowest BCUT2D eigenvalue weighted by Gasteiger charge is -2.26. The number of aryl methyl sites for hydroxylation is 2. The fourth-order valence-corrected chi connectivity index (χ4v) is 4.24. The van der Waals surface area contributed by atoms with Gasteiger partial charge in [-0.1, -0.05) is 6.07 Å². The van der Waals surface area contributed by atoms with Crippen LogP contribution in [-0.2, 0) is 14.8 Å². The topological polar surface area (TPSA) is 105 Å². The molecule has 0 spiro atoms. The van der Waals surface area contributed by atoms with Gasteiger partial charge in [0.05, 0.1) is 6.54 Å². The minimum absolute atomic E-state index is 0.0547. The van der Waals surface area contributed by atoms with Crippen LogP contribution in [0, 0.1) is 13.8 Å². The summed E-state index contributed by atoms with van der Waals surface area (Å²) in [6.45, 7) is 3.84. The highest BCUT2D eigenvalue weighted by molar-refractivity contribution is 7.89. The Labute approximate surface area is 121 Å². The van der Waals surface area contributed by atoms with Gasteiger partial charge in [-0.3, -0.25) is 4.79 Å². The van der Waals surface area contributed by atoms with Crippen molar-refractivity contribution in [3.05, 3.63) is 17.2 Å². The van der Waals surface area contributed by atoms with E-state index in [2.05, 4.69) is 20.3 Å². The van der Waals surface area contributed by atoms with Crippen molar-refractivity contribution in [1.82, 2.24) is 19.9 Å². The van der Waals surface area contributed by atoms with E-state index in [1.165, 1.54) is 0 Å². The quantitative estimate of drug-likeness (QED) is 0.834. The molecule has 1 saturated heterocycles. The Balaban J connectivity index is 2.19. The van der Waals surface area contributed by atoms with Crippen LogP contribution in [-0.4, -0.2) is 48.6 Å². The SMILES string of the molecule is Cc1cc(C)c2nonc2c1S(=O)(=O)N1CCNC(=O)C1. The van der Waals surface area contributed by atoms with Crippen molar-refractivity contribution in [1.29, 1.82) is 0 Å². The number of sulfonamides is 1. The summed E-state index contributed by atoms with van der Waals surface area (Å²) in [6, 6.07) is 1.73. The number of fused-ring (bicyclic) bond motifs is 1. The summed E-state index contributed by atoms with van der Waals surface area (Å²) in [5.41, 5.74) is 1.97. The van der Waals surface area contributed by atoms with Crippen LogP contribution in [0.5, 0.6) is 0 Å². The minimum Gasteiger partial charge on any atom is -0.354 e. The van der Waals surface area contributed by atoms with Crippen molar-refractivity contribution in [2.24, 2.45) is 0 Å². The average molecular weight is 310 g/mol. The summed E-state index contributed by atoms with van der Waals surface area (Å²) in [5.74, 6) is -0.316. The number of piperazine rings is 1. The van der Waals surface area contributed by atoms with Gasteiger partial charge in [0.25, 0.3) is 0 Å². The third kappa shape index (κ3) is 2.18. The van der Waals surface area contributed by atoms with E-state index in [1.54, 1.807) is 13.0 Å². The van der Waals surface area contributed by atoms with Crippen molar-refractivity contribution >= 4 is 27.0 Å². The predicted octanol–water partition coefficient (Wildman–Crippen LogP) is -0.0399. The molecule has 3 rings (SSSR count). The lowest BCUT2D eigenvalue weighted by molar-refractivity contribution is -0.122. The van der Waals surface area contributed by atoms with Crippen LogP contribution in [0.4, 0.5) is 0 Å². The first kappa shape index (κ1) is 14.0. The van der Waals surface area contributed by atoms with Gasteiger partial charge in [-0.05, 0) is 35.3 Å². The number of nitrogens with one attached hydrogen (secondary N) is 1. The van der Waals surface area contributed by atoms with Crippen LogP contribution in [0.15, 0.2) is 15.6 Å². The van der Waals surface area contributed by atoms with E-state index in [0.29, 0.717) is 17.6 Å². The Morgan fingerprint density at radius 1 is 1.24 bits per heavy atom. The largest absolute Gasteiger partial charge is 0.354 e. The second-order valence-corrected chi connectivity index (χ2v) is 6.86. The highest BCUT2D eigenvalue weighted by Gasteiger charge is 2.33. The molecule has 112 valence electrons. The monoisotopic (exact) mass is 310 g/mol. The van der Waals surface area contributed by atoms with Gasteiger partial charge in [-0.2, -0.15) is 4.31 Å². The smallest absolute Gasteiger partial charge is 0.246 e. The molecule has 2 heterocycles. The third-order valence-corrected chi connectivity index (χ3v) is 5.49. The lowest BCUT2D eigenvalue weighted by Crippen LogP contribution is -2.49. The van der Waals surface area contributed by atoms with Gasteiger partial charge < -0.3 is 5.32 Å². The minimum atomic E-state index is -3.83. The zero-order chi connectivity index (χ0) is 15.2. The summed E-state index contributed by atoms with van der Waals surface area (Å²) in [4.78, 5) is 11.5. The molecule has 1 fully saturated rings. The highest BCUT2D eigenvalue weighted by atomic mass is 32.2. The normalized spacial score (nSPS) is 17.1. The fourth-order valence-electron chi connectivity index (χ4n) is 2.52. The summed E-state index contributed by atoms with van der Waals surface area (Å²) in [7, 11) is -3.83. The molecule has 8 nitrogen and oxygen atoms in total. The molecule has 1 N–H and O–H groups in total. The summed E-state index contributed by atoms with van der Waals surface area (Å²) < 4.78 is 31.5. The van der Waals surface area contributed by atoms with Crippen LogP contribution in [0.2, 0.25) is 0 Å². The van der Waals surface area contributed by atoms with Crippen LogP contribution in [0.3, 0.4) is 0 Å². The van der Waals surface area contributed by atoms with Gasteiger partial charge in [-0.15, -0.1) is 0 Å². The predicted molar refractivity (Wildman–Crippen MR) is 73.0 cm³/mol. The standard InChI is InChI=1S/C12H14N4O4S/c1-7-5-8(2)12(11-10(7)14-20-15-11)21(18,19)16-4-3-13-9(17)6-16/h5H,3-4,6H2,1-2H3,(H,13,17). The summed E-state index contributed by atoms with van der Waals surface area (Å²) >= 11 is 0. The molecular weight excluding hydrogens is 296 g/mol. The van der Waals surface area contributed by atoms with Gasteiger partial charge in [0.15, 0.2) is 5.52 Å². The second kappa shape index (κ2) is 4.78. The molecule has 1 amide bonds. The first-order chi connectivity index (χ1) is 9.91. The molecule has 1 aromatic heterocycles. The van der Waals surface area contributed by atoms with Gasteiger partial charge >= 0.3 is 0 Å². The molecule has 0 atom stereocenters. The maximum Gasteiger partial charge on any atom is 0.246 e. The molecule has 21 heavy (non-hydrogen) atoms. The summed E-state index contributed by atoms with van der Waals surface area (Å²) in [6.07, 6.45) is 0. The fraction of sp³-hybridized carbons (Fsp3) is 0.417. The van der Waals surface area contributed by atoms with Crippen LogP contribution >= 0.6 is 0 Å². The number of amides is 1. The first-order valence-corrected chi connectivity index (χ1v) is 7.84. The zero-order valence-electron chi connectivity index (χ0n) is 11.6. The number of aromatic nitrogens is 2. The molecule has 0 radical (unpaired) electrons. The number of hydrogen-bond acceptors (Lipinski definition) is 6. The molecule has 0 unspecified atom stereocenters.